The van der Waals surface area contributed by atoms with Crippen molar-refractivity contribution >= 4 is 17.2 Å². The highest BCUT2D eigenvalue weighted by atomic mass is 19.1. The van der Waals surface area contributed by atoms with Crippen molar-refractivity contribution in [1.82, 2.24) is 0 Å². The molecule has 4 heteroatoms. The molecule has 1 aromatic carbocycles. The lowest BCUT2D eigenvalue weighted by atomic mass is 9.96. The normalized spacial score (nSPS) is 16.2. The largest absolute Gasteiger partial charge is 0.463 e. The maximum atomic E-state index is 13.5. The number of carbonyl (C=O) groups is 1. The first-order valence-electron chi connectivity index (χ1n) is 5.62. The van der Waals surface area contributed by atoms with Gasteiger partial charge in [0.2, 0.25) is 0 Å². The van der Waals surface area contributed by atoms with Gasteiger partial charge in [0, 0.05) is 18.2 Å². The van der Waals surface area contributed by atoms with E-state index in [0.29, 0.717) is 25.3 Å². The maximum absolute atomic E-state index is 13.5. The number of para-hydroxylation sites is 1. The van der Waals surface area contributed by atoms with E-state index in [9.17, 15) is 9.18 Å². The van der Waals surface area contributed by atoms with Crippen molar-refractivity contribution < 1.29 is 13.9 Å². The van der Waals surface area contributed by atoms with Crippen molar-refractivity contribution in [3.63, 3.8) is 0 Å². The molecule has 0 bridgehead atoms. The van der Waals surface area contributed by atoms with Crippen molar-refractivity contribution in [2.45, 2.75) is 13.3 Å². The Bertz CT molecular complexity index is 468. The minimum Gasteiger partial charge on any atom is -0.463 e. The number of fused-ring (bicyclic) bond motifs is 1. The molecule has 0 amide bonds. The fourth-order valence-electron chi connectivity index (χ4n) is 1.90. The van der Waals surface area contributed by atoms with E-state index in [2.05, 4.69) is 5.32 Å². The van der Waals surface area contributed by atoms with Gasteiger partial charge in [0.25, 0.3) is 0 Å². The molecule has 3 nitrogen and oxygen atoms in total. The fourth-order valence-corrected chi connectivity index (χ4v) is 1.90. The van der Waals surface area contributed by atoms with E-state index < -0.39 is 0 Å². The monoisotopic (exact) mass is 235 g/mol. The third kappa shape index (κ3) is 2.46. The molecule has 2 rings (SSSR count). The molecule has 0 aromatic heterocycles. The third-order valence-corrected chi connectivity index (χ3v) is 2.63. The Hall–Kier alpha value is -1.84. The second kappa shape index (κ2) is 4.99. The predicted molar refractivity (Wildman–Crippen MR) is 64.1 cm³/mol. The van der Waals surface area contributed by atoms with Crippen LogP contribution in [0.15, 0.2) is 24.3 Å². The van der Waals surface area contributed by atoms with Gasteiger partial charge in [-0.15, -0.1) is 0 Å². The second-order valence-electron chi connectivity index (χ2n) is 3.76. The first-order chi connectivity index (χ1) is 8.22. The summed E-state index contributed by atoms with van der Waals surface area (Å²) in [7, 11) is 0. The van der Waals surface area contributed by atoms with Gasteiger partial charge in [-0.2, -0.15) is 0 Å². The molecule has 0 unspecified atom stereocenters. The summed E-state index contributed by atoms with van der Waals surface area (Å²) in [5, 5.41) is 3.00. The summed E-state index contributed by atoms with van der Waals surface area (Å²) >= 11 is 0. The Kier molecular flexibility index (Phi) is 3.42. The van der Waals surface area contributed by atoms with Crippen LogP contribution in [0.25, 0.3) is 5.57 Å². The van der Waals surface area contributed by atoms with Gasteiger partial charge in [0.15, 0.2) is 0 Å². The molecule has 1 aliphatic heterocycles. The number of rotatable bonds is 2. The molecule has 0 spiro atoms. The number of benzene rings is 1. The third-order valence-electron chi connectivity index (χ3n) is 2.63. The van der Waals surface area contributed by atoms with Crippen LogP contribution in [-0.4, -0.2) is 19.1 Å². The van der Waals surface area contributed by atoms with Crippen LogP contribution in [0.3, 0.4) is 0 Å². The van der Waals surface area contributed by atoms with E-state index in [4.69, 9.17) is 4.74 Å². The smallest absolute Gasteiger partial charge is 0.331 e. The number of nitrogens with one attached hydrogen (secondary N) is 1. The molecule has 1 N–H and O–H groups in total. The molecule has 0 saturated carbocycles. The molecule has 90 valence electrons. The van der Waals surface area contributed by atoms with Crippen LogP contribution in [0, 0.1) is 5.82 Å². The van der Waals surface area contributed by atoms with Gasteiger partial charge in [-0.25, -0.2) is 9.18 Å². The molecule has 0 fully saturated rings. The van der Waals surface area contributed by atoms with Gasteiger partial charge in [0.05, 0.1) is 12.3 Å². The lowest BCUT2D eigenvalue weighted by Crippen LogP contribution is -2.14. The first-order valence-corrected chi connectivity index (χ1v) is 5.62. The molecule has 0 aliphatic carbocycles. The van der Waals surface area contributed by atoms with Gasteiger partial charge >= 0.3 is 5.97 Å². The standard InChI is InChI=1S/C13H14FNO2/c1-2-17-12(16)8-9-6-7-15-13-10(9)4-3-5-11(13)14/h3-5,8,15H,2,6-7H2,1H3/b9-8-. The van der Waals surface area contributed by atoms with Crippen molar-refractivity contribution in [2.75, 3.05) is 18.5 Å². The van der Waals surface area contributed by atoms with Crippen LogP contribution in [0.5, 0.6) is 0 Å². The van der Waals surface area contributed by atoms with E-state index in [1.165, 1.54) is 12.1 Å². The quantitative estimate of drug-likeness (QED) is 0.632. The number of anilines is 1. The number of esters is 1. The Morgan fingerprint density at radius 2 is 2.41 bits per heavy atom. The van der Waals surface area contributed by atoms with Gasteiger partial charge in [-0.3, -0.25) is 0 Å². The predicted octanol–water partition coefficient (Wildman–Crippen LogP) is 2.59. The summed E-state index contributed by atoms with van der Waals surface area (Å²) in [5.41, 5.74) is 2.02. The Morgan fingerprint density at radius 1 is 1.59 bits per heavy atom. The van der Waals surface area contributed by atoms with Crippen LogP contribution < -0.4 is 5.32 Å². The molecule has 1 aromatic rings. The average Bonchev–Trinajstić information content (AvgIpc) is 2.31. The van der Waals surface area contributed by atoms with E-state index >= 15 is 0 Å². The summed E-state index contributed by atoms with van der Waals surface area (Å²) in [6, 6.07) is 4.84. The van der Waals surface area contributed by atoms with Crippen LogP contribution in [0.2, 0.25) is 0 Å². The maximum Gasteiger partial charge on any atom is 0.331 e. The lowest BCUT2D eigenvalue weighted by Gasteiger charge is -2.21. The van der Waals surface area contributed by atoms with Crippen molar-refractivity contribution in [1.29, 1.82) is 0 Å². The van der Waals surface area contributed by atoms with Crippen LogP contribution in [-0.2, 0) is 9.53 Å². The average molecular weight is 235 g/mol. The van der Waals surface area contributed by atoms with Crippen LogP contribution >= 0.6 is 0 Å². The van der Waals surface area contributed by atoms with Crippen LogP contribution in [0.4, 0.5) is 10.1 Å². The number of hydrogen-bond acceptors (Lipinski definition) is 3. The van der Waals surface area contributed by atoms with Crippen molar-refractivity contribution in [3.05, 3.63) is 35.7 Å². The highest BCUT2D eigenvalue weighted by molar-refractivity contribution is 5.94. The molecule has 1 aliphatic rings. The van der Waals surface area contributed by atoms with E-state index in [-0.39, 0.29) is 11.8 Å². The zero-order valence-electron chi connectivity index (χ0n) is 9.63. The van der Waals surface area contributed by atoms with Crippen molar-refractivity contribution in [3.8, 4) is 0 Å². The summed E-state index contributed by atoms with van der Waals surface area (Å²) < 4.78 is 18.4. The molecule has 1 heterocycles. The van der Waals surface area contributed by atoms with Gasteiger partial charge in [0.1, 0.15) is 5.82 Å². The van der Waals surface area contributed by atoms with Crippen molar-refractivity contribution in [2.24, 2.45) is 0 Å². The summed E-state index contributed by atoms with van der Waals surface area (Å²) in [5.74, 6) is -0.670. The number of hydrogen-bond donors (Lipinski definition) is 1. The Balaban J connectivity index is 2.35. The zero-order valence-corrected chi connectivity index (χ0v) is 9.63. The highest BCUT2D eigenvalue weighted by Crippen LogP contribution is 2.32. The molecule has 17 heavy (non-hydrogen) atoms. The molecule has 0 saturated heterocycles. The first kappa shape index (κ1) is 11.6. The highest BCUT2D eigenvalue weighted by Gasteiger charge is 2.17. The SMILES string of the molecule is CCOC(=O)/C=C1/CCNc2c(F)cccc21. The van der Waals surface area contributed by atoms with E-state index in [0.717, 1.165) is 11.1 Å². The molecular weight excluding hydrogens is 221 g/mol. The van der Waals surface area contributed by atoms with Gasteiger partial charge < -0.3 is 10.1 Å². The van der Waals surface area contributed by atoms with E-state index in [1.54, 1.807) is 19.1 Å². The van der Waals surface area contributed by atoms with Gasteiger partial charge in [-0.05, 0) is 25.0 Å². The van der Waals surface area contributed by atoms with Gasteiger partial charge in [-0.1, -0.05) is 12.1 Å². The topological polar surface area (TPSA) is 38.3 Å². The minimum atomic E-state index is -0.375. The minimum absolute atomic E-state index is 0.294. The summed E-state index contributed by atoms with van der Waals surface area (Å²) in [6.45, 7) is 2.72. The molecule has 0 atom stereocenters. The number of carbonyl (C=O) groups excluding carboxylic acids is 1. The molecular formula is C13H14FNO2. The number of halogens is 1. The van der Waals surface area contributed by atoms with E-state index in [1.807, 2.05) is 0 Å². The fraction of sp³-hybridized carbons (Fsp3) is 0.308. The zero-order chi connectivity index (χ0) is 12.3. The van der Waals surface area contributed by atoms with Crippen LogP contribution in [0.1, 0.15) is 18.9 Å². The molecule has 0 radical (unpaired) electrons. The Morgan fingerprint density at radius 3 is 3.18 bits per heavy atom. The lowest BCUT2D eigenvalue weighted by molar-refractivity contribution is -0.137. The number of ether oxygens (including phenoxy) is 1. The Labute approximate surface area is 99.3 Å². The summed E-state index contributed by atoms with van der Waals surface area (Å²) in [6.07, 6.45) is 2.14. The second-order valence-corrected chi connectivity index (χ2v) is 3.76. The summed E-state index contributed by atoms with van der Waals surface area (Å²) in [4.78, 5) is 11.4.